The van der Waals surface area contributed by atoms with Gasteiger partial charge in [0.1, 0.15) is 13.2 Å². The fraction of sp³-hybridized carbons (Fsp3) is 0.333. The number of hydrogen-bond donors (Lipinski definition) is 1. The van der Waals surface area contributed by atoms with Gasteiger partial charge in [-0.3, -0.25) is 9.59 Å². The Hall–Kier alpha value is -2.44. The summed E-state index contributed by atoms with van der Waals surface area (Å²) < 4.78 is 11.1. The second-order valence-corrected chi connectivity index (χ2v) is 7.49. The van der Waals surface area contributed by atoms with E-state index in [4.69, 9.17) is 32.7 Å². The minimum absolute atomic E-state index is 0.0694. The van der Waals surface area contributed by atoms with Crippen molar-refractivity contribution in [3.8, 4) is 11.5 Å². The molecular weight excluding hydrogens is 415 g/mol. The quantitative estimate of drug-likeness (QED) is 0.706. The maximum absolute atomic E-state index is 12.8. The Morgan fingerprint density at radius 3 is 2.59 bits per heavy atom. The Bertz CT molecular complexity index is 904. The minimum atomic E-state index is -0.335. The van der Waals surface area contributed by atoms with Crippen molar-refractivity contribution < 1.29 is 19.1 Å². The average molecular weight is 437 g/mol. The predicted molar refractivity (Wildman–Crippen MR) is 113 cm³/mol. The SMILES string of the molecule is CCCN(CC(=O)Nc1cc(Cl)ccc1Cl)C(=O)Cc1ccc2c(c1)OCCO2. The smallest absolute Gasteiger partial charge is 0.244 e. The van der Waals surface area contributed by atoms with Crippen molar-refractivity contribution in [3.63, 3.8) is 0 Å². The lowest BCUT2D eigenvalue weighted by atomic mass is 10.1. The van der Waals surface area contributed by atoms with Gasteiger partial charge in [0, 0.05) is 11.6 Å². The standard InChI is InChI=1S/C21H22Cl2N2O4/c1-2-7-25(13-20(26)24-17-12-15(22)4-5-16(17)23)21(27)11-14-3-6-18-19(10-14)29-9-8-28-18/h3-6,10,12H,2,7-9,11,13H2,1H3,(H,24,26). The fourth-order valence-electron chi connectivity index (χ4n) is 3.00. The van der Waals surface area contributed by atoms with Gasteiger partial charge in [0.05, 0.1) is 23.7 Å². The van der Waals surface area contributed by atoms with E-state index < -0.39 is 0 Å². The molecule has 0 bridgehead atoms. The van der Waals surface area contributed by atoms with Crippen molar-refractivity contribution >= 4 is 40.7 Å². The van der Waals surface area contributed by atoms with Crippen LogP contribution in [0.3, 0.4) is 0 Å². The van der Waals surface area contributed by atoms with Crippen molar-refractivity contribution in [1.29, 1.82) is 0 Å². The van der Waals surface area contributed by atoms with Crippen LogP contribution in [0, 0.1) is 0 Å². The van der Waals surface area contributed by atoms with Gasteiger partial charge < -0.3 is 19.7 Å². The minimum Gasteiger partial charge on any atom is -0.486 e. The molecule has 3 rings (SSSR count). The third-order valence-corrected chi connectivity index (χ3v) is 4.91. The molecule has 0 aromatic heterocycles. The van der Waals surface area contributed by atoms with Gasteiger partial charge in [-0.15, -0.1) is 0 Å². The Morgan fingerprint density at radius 2 is 1.83 bits per heavy atom. The van der Waals surface area contributed by atoms with Crippen molar-refractivity contribution in [2.75, 3.05) is 31.6 Å². The van der Waals surface area contributed by atoms with Gasteiger partial charge >= 0.3 is 0 Å². The molecule has 29 heavy (non-hydrogen) atoms. The van der Waals surface area contributed by atoms with E-state index in [1.807, 2.05) is 19.1 Å². The molecule has 1 heterocycles. The van der Waals surface area contributed by atoms with E-state index >= 15 is 0 Å². The van der Waals surface area contributed by atoms with E-state index in [-0.39, 0.29) is 24.8 Å². The van der Waals surface area contributed by atoms with Crippen LogP contribution >= 0.6 is 23.2 Å². The number of amides is 2. The maximum Gasteiger partial charge on any atom is 0.244 e. The summed E-state index contributed by atoms with van der Waals surface area (Å²) >= 11 is 12.0. The molecule has 8 heteroatoms. The third-order valence-electron chi connectivity index (χ3n) is 4.35. The molecule has 2 aromatic rings. The number of nitrogens with zero attached hydrogens (tertiary/aromatic N) is 1. The Labute approximate surface area is 179 Å². The van der Waals surface area contributed by atoms with Crippen molar-refractivity contribution in [3.05, 3.63) is 52.0 Å². The molecule has 2 amide bonds. The second kappa shape index (κ2) is 9.85. The number of hydrogen-bond acceptors (Lipinski definition) is 4. The monoisotopic (exact) mass is 436 g/mol. The summed E-state index contributed by atoms with van der Waals surface area (Å²) in [7, 11) is 0. The Morgan fingerprint density at radius 1 is 1.07 bits per heavy atom. The first-order chi connectivity index (χ1) is 14.0. The van der Waals surface area contributed by atoms with Gasteiger partial charge in [-0.1, -0.05) is 36.2 Å². The topological polar surface area (TPSA) is 67.9 Å². The van der Waals surface area contributed by atoms with E-state index in [0.717, 1.165) is 12.0 Å². The van der Waals surface area contributed by atoms with E-state index in [9.17, 15) is 9.59 Å². The lowest BCUT2D eigenvalue weighted by Gasteiger charge is -2.23. The van der Waals surface area contributed by atoms with E-state index in [2.05, 4.69) is 5.32 Å². The molecule has 0 spiro atoms. The first-order valence-electron chi connectivity index (χ1n) is 9.37. The van der Waals surface area contributed by atoms with E-state index in [1.54, 1.807) is 24.3 Å². The number of benzene rings is 2. The number of fused-ring (bicyclic) bond motifs is 1. The van der Waals surface area contributed by atoms with Crippen LogP contribution in [0.5, 0.6) is 11.5 Å². The first kappa shape index (κ1) is 21.3. The van der Waals surface area contributed by atoms with Crippen LogP contribution in [-0.4, -0.2) is 43.0 Å². The summed E-state index contributed by atoms with van der Waals surface area (Å²) in [6.07, 6.45) is 0.903. The highest BCUT2D eigenvalue weighted by Crippen LogP contribution is 2.31. The van der Waals surface area contributed by atoms with Crippen LogP contribution in [0.4, 0.5) is 5.69 Å². The molecule has 1 aliphatic heterocycles. The number of carbonyl (C=O) groups is 2. The third kappa shape index (κ3) is 5.78. The summed E-state index contributed by atoms with van der Waals surface area (Å²) in [5, 5.41) is 3.56. The van der Waals surface area contributed by atoms with Gasteiger partial charge in [-0.05, 0) is 42.3 Å². The largest absolute Gasteiger partial charge is 0.486 e. The molecule has 0 saturated heterocycles. The van der Waals surface area contributed by atoms with Gasteiger partial charge in [-0.25, -0.2) is 0 Å². The van der Waals surface area contributed by atoms with E-state index in [0.29, 0.717) is 47.0 Å². The zero-order chi connectivity index (χ0) is 20.8. The summed E-state index contributed by atoms with van der Waals surface area (Å²) in [5.41, 5.74) is 1.22. The van der Waals surface area contributed by atoms with Crippen LogP contribution in [0.25, 0.3) is 0 Å². The molecule has 0 radical (unpaired) electrons. The Balaban J connectivity index is 1.64. The van der Waals surface area contributed by atoms with Gasteiger partial charge in [0.25, 0.3) is 0 Å². The summed E-state index contributed by atoms with van der Waals surface area (Å²) in [4.78, 5) is 26.8. The lowest BCUT2D eigenvalue weighted by Crippen LogP contribution is -2.39. The summed E-state index contributed by atoms with van der Waals surface area (Å²) in [6, 6.07) is 10.3. The van der Waals surface area contributed by atoms with Crippen LogP contribution in [0.1, 0.15) is 18.9 Å². The molecule has 0 saturated carbocycles. The Kier molecular flexibility index (Phi) is 7.23. The molecular formula is C21H22Cl2N2O4. The van der Waals surface area contributed by atoms with Crippen molar-refractivity contribution in [2.45, 2.75) is 19.8 Å². The summed E-state index contributed by atoms with van der Waals surface area (Å²) in [5.74, 6) is 0.835. The highest BCUT2D eigenvalue weighted by Gasteiger charge is 2.19. The maximum atomic E-state index is 12.8. The number of halogens is 2. The second-order valence-electron chi connectivity index (χ2n) is 6.64. The molecule has 2 aromatic carbocycles. The first-order valence-corrected chi connectivity index (χ1v) is 10.1. The number of ether oxygens (including phenoxy) is 2. The zero-order valence-electron chi connectivity index (χ0n) is 16.0. The lowest BCUT2D eigenvalue weighted by molar-refractivity contribution is -0.134. The van der Waals surface area contributed by atoms with Gasteiger partial charge in [0.2, 0.25) is 11.8 Å². The molecule has 0 unspecified atom stereocenters. The molecule has 1 aliphatic rings. The van der Waals surface area contributed by atoms with Crippen molar-refractivity contribution in [2.24, 2.45) is 0 Å². The number of anilines is 1. The molecule has 0 atom stereocenters. The van der Waals surface area contributed by atoms with Crippen LogP contribution in [-0.2, 0) is 16.0 Å². The molecule has 0 aliphatic carbocycles. The summed E-state index contributed by atoms with van der Waals surface area (Å²) in [6.45, 7) is 3.36. The zero-order valence-corrected chi connectivity index (χ0v) is 17.6. The number of carbonyl (C=O) groups excluding carboxylic acids is 2. The number of rotatable bonds is 7. The van der Waals surface area contributed by atoms with Crippen LogP contribution in [0.15, 0.2) is 36.4 Å². The van der Waals surface area contributed by atoms with Crippen LogP contribution < -0.4 is 14.8 Å². The van der Waals surface area contributed by atoms with Crippen LogP contribution in [0.2, 0.25) is 10.0 Å². The van der Waals surface area contributed by atoms with Gasteiger partial charge in [-0.2, -0.15) is 0 Å². The van der Waals surface area contributed by atoms with Crippen molar-refractivity contribution in [1.82, 2.24) is 4.90 Å². The normalized spacial score (nSPS) is 12.4. The predicted octanol–water partition coefficient (Wildman–Crippen LogP) is 4.18. The van der Waals surface area contributed by atoms with Gasteiger partial charge in [0.15, 0.2) is 11.5 Å². The molecule has 154 valence electrons. The molecule has 1 N–H and O–H groups in total. The number of nitrogens with one attached hydrogen (secondary N) is 1. The average Bonchev–Trinajstić information content (AvgIpc) is 2.70. The van der Waals surface area contributed by atoms with E-state index in [1.165, 1.54) is 4.90 Å². The fourth-order valence-corrected chi connectivity index (χ4v) is 3.34. The molecule has 6 nitrogen and oxygen atoms in total. The highest BCUT2D eigenvalue weighted by molar-refractivity contribution is 6.35. The highest BCUT2D eigenvalue weighted by atomic mass is 35.5. The molecule has 0 fully saturated rings.